The van der Waals surface area contributed by atoms with Crippen molar-refractivity contribution in [1.82, 2.24) is 0 Å². The van der Waals surface area contributed by atoms with Gasteiger partial charge >= 0.3 is 0 Å². The van der Waals surface area contributed by atoms with Crippen molar-refractivity contribution in [2.24, 2.45) is 0 Å². The Balaban J connectivity index is 2.91. The predicted octanol–water partition coefficient (Wildman–Crippen LogP) is 2.10. The number of thiophene rings is 1. The van der Waals surface area contributed by atoms with Crippen molar-refractivity contribution in [2.45, 2.75) is 0 Å². The molecule has 5 nitrogen and oxygen atoms in total. The number of non-ortho nitro benzene ring substituents is 1. The number of nitrogens with two attached hydrogens (primary N) is 1. The molecule has 0 atom stereocenters. The van der Waals surface area contributed by atoms with Gasteiger partial charge in [-0.1, -0.05) is 0 Å². The number of fused-ring (bicyclic) bond motifs is 1. The molecule has 2 rings (SSSR count). The summed E-state index contributed by atoms with van der Waals surface area (Å²) in [5.41, 5.74) is 5.65. The molecule has 0 aliphatic rings. The topological polar surface area (TPSA) is 89.4 Å². The van der Waals surface area contributed by atoms with E-state index in [1.807, 2.05) is 0 Å². The molecular formula is C8H6N2O3S. The molecule has 0 amide bonds. The summed E-state index contributed by atoms with van der Waals surface area (Å²) in [5.74, 6) is -0.244. The number of aromatic hydroxyl groups is 1. The van der Waals surface area contributed by atoms with Gasteiger partial charge in [-0.25, -0.2) is 0 Å². The average molecular weight is 210 g/mol. The zero-order chi connectivity index (χ0) is 10.3. The minimum absolute atomic E-state index is 0.118. The van der Waals surface area contributed by atoms with Crippen LogP contribution in [-0.2, 0) is 0 Å². The van der Waals surface area contributed by atoms with E-state index in [-0.39, 0.29) is 17.1 Å². The van der Waals surface area contributed by atoms with Crippen molar-refractivity contribution in [3.8, 4) is 5.75 Å². The molecule has 0 bridgehead atoms. The van der Waals surface area contributed by atoms with Crippen molar-refractivity contribution >= 4 is 32.8 Å². The number of nitrogens with zero attached hydrogens (tertiary/aromatic N) is 1. The van der Waals surface area contributed by atoms with E-state index in [0.717, 1.165) is 6.07 Å². The van der Waals surface area contributed by atoms with Crippen LogP contribution in [0.25, 0.3) is 10.1 Å². The Labute approximate surface area is 82.5 Å². The van der Waals surface area contributed by atoms with Crippen LogP contribution in [0.4, 0.5) is 11.4 Å². The third kappa shape index (κ3) is 1.08. The molecule has 0 aliphatic heterocycles. The third-order valence-corrected chi connectivity index (χ3v) is 2.88. The maximum atomic E-state index is 10.6. The van der Waals surface area contributed by atoms with Gasteiger partial charge in [0.2, 0.25) is 0 Å². The van der Waals surface area contributed by atoms with Gasteiger partial charge in [0.15, 0.2) is 0 Å². The smallest absolute Gasteiger partial charge is 0.281 e. The number of benzene rings is 1. The van der Waals surface area contributed by atoms with Crippen LogP contribution in [0, 0.1) is 10.1 Å². The largest absolute Gasteiger partial charge is 0.505 e. The molecule has 6 heteroatoms. The Bertz CT molecular complexity index is 521. The van der Waals surface area contributed by atoms with Crippen LogP contribution in [0.15, 0.2) is 17.5 Å². The molecule has 2 aromatic rings. The van der Waals surface area contributed by atoms with Gasteiger partial charge in [-0.05, 0) is 11.4 Å². The van der Waals surface area contributed by atoms with E-state index in [2.05, 4.69) is 0 Å². The summed E-state index contributed by atoms with van der Waals surface area (Å²) >= 11 is 1.27. The van der Waals surface area contributed by atoms with Gasteiger partial charge in [-0.15, -0.1) is 11.3 Å². The number of hydrogen-bond donors (Lipinski definition) is 2. The van der Waals surface area contributed by atoms with Gasteiger partial charge in [-0.2, -0.15) is 0 Å². The number of anilines is 1. The van der Waals surface area contributed by atoms with Crippen LogP contribution in [0.3, 0.4) is 0 Å². The quantitative estimate of drug-likeness (QED) is 0.326. The zero-order valence-electron chi connectivity index (χ0n) is 6.93. The highest BCUT2D eigenvalue weighted by Gasteiger charge is 2.17. The highest BCUT2D eigenvalue weighted by molar-refractivity contribution is 7.18. The van der Waals surface area contributed by atoms with Crippen molar-refractivity contribution < 1.29 is 10.0 Å². The summed E-state index contributed by atoms with van der Waals surface area (Å²) < 4.78 is 0.552. The second-order valence-electron chi connectivity index (χ2n) is 2.75. The molecule has 0 saturated heterocycles. The number of nitro groups is 1. The fourth-order valence-corrected chi connectivity index (χ4v) is 2.14. The third-order valence-electron chi connectivity index (χ3n) is 1.93. The normalized spacial score (nSPS) is 10.6. The molecule has 0 spiro atoms. The minimum atomic E-state index is -0.534. The standard InChI is InChI=1S/C8H6N2O3S/c9-7-6(11)3-5(10(12)13)4-1-2-14-8(4)7/h1-3,11H,9H2. The van der Waals surface area contributed by atoms with E-state index in [4.69, 9.17) is 5.73 Å². The molecule has 1 aromatic heterocycles. The Morgan fingerprint density at radius 3 is 2.93 bits per heavy atom. The lowest BCUT2D eigenvalue weighted by Gasteiger charge is -2.00. The van der Waals surface area contributed by atoms with Crippen LogP contribution >= 0.6 is 11.3 Å². The Morgan fingerprint density at radius 1 is 1.57 bits per heavy atom. The van der Waals surface area contributed by atoms with Crippen LogP contribution in [0.2, 0.25) is 0 Å². The average Bonchev–Trinajstić information content (AvgIpc) is 2.59. The first-order valence-electron chi connectivity index (χ1n) is 3.74. The number of hydrogen-bond acceptors (Lipinski definition) is 5. The first-order valence-corrected chi connectivity index (χ1v) is 4.62. The van der Waals surface area contributed by atoms with E-state index in [9.17, 15) is 15.2 Å². The van der Waals surface area contributed by atoms with E-state index >= 15 is 0 Å². The zero-order valence-corrected chi connectivity index (χ0v) is 7.75. The van der Waals surface area contributed by atoms with Crippen molar-refractivity contribution in [3.05, 3.63) is 27.6 Å². The molecule has 3 N–H and O–H groups in total. The lowest BCUT2D eigenvalue weighted by atomic mass is 10.2. The van der Waals surface area contributed by atoms with Gasteiger partial charge in [0.05, 0.1) is 26.8 Å². The summed E-state index contributed by atoms with van der Waals surface area (Å²) in [4.78, 5) is 10.1. The Morgan fingerprint density at radius 2 is 2.29 bits per heavy atom. The molecule has 0 aliphatic carbocycles. The lowest BCUT2D eigenvalue weighted by Crippen LogP contribution is -1.91. The summed E-state index contributed by atoms with van der Waals surface area (Å²) in [7, 11) is 0. The fraction of sp³-hybridized carbons (Fsp3) is 0. The summed E-state index contributed by atoms with van der Waals surface area (Å²) in [6.07, 6.45) is 0. The molecule has 0 radical (unpaired) electrons. The van der Waals surface area contributed by atoms with Crippen LogP contribution in [0.5, 0.6) is 5.75 Å². The van der Waals surface area contributed by atoms with Crippen molar-refractivity contribution in [2.75, 3.05) is 5.73 Å². The van der Waals surface area contributed by atoms with Gasteiger partial charge in [0.1, 0.15) is 5.75 Å². The van der Waals surface area contributed by atoms with Crippen LogP contribution in [-0.4, -0.2) is 10.0 Å². The van der Waals surface area contributed by atoms with Crippen molar-refractivity contribution in [1.29, 1.82) is 0 Å². The van der Waals surface area contributed by atoms with Crippen molar-refractivity contribution in [3.63, 3.8) is 0 Å². The number of phenols is 1. The lowest BCUT2D eigenvalue weighted by molar-refractivity contribution is -0.383. The first kappa shape index (κ1) is 8.76. The number of rotatable bonds is 1. The summed E-state index contributed by atoms with van der Waals surface area (Å²) in [5, 5.41) is 22.1. The number of nitro benzene ring substituents is 1. The predicted molar refractivity (Wildman–Crippen MR) is 54.6 cm³/mol. The molecule has 0 saturated carbocycles. The van der Waals surface area contributed by atoms with E-state index < -0.39 is 4.92 Å². The highest BCUT2D eigenvalue weighted by Crippen LogP contribution is 2.39. The molecule has 14 heavy (non-hydrogen) atoms. The van der Waals surface area contributed by atoms with Gasteiger partial charge in [0.25, 0.3) is 5.69 Å². The van der Waals surface area contributed by atoms with E-state index in [1.54, 1.807) is 11.4 Å². The SMILES string of the molecule is Nc1c(O)cc([N+](=O)[O-])c2ccsc12. The Kier molecular flexibility index (Phi) is 1.78. The van der Waals surface area contributed by atoms with Crippen LogP contribution < -0.4 is 5.73 Å². The second kappa shape index (κ2) is 2.85. The summed E-state index contributed by atoms with van der Waals surface area (Å²) in [6.45, 7) is 0. The summed E-state index contributed by atoms with van der Waals surface area (Å²) in [6, 6.07) is 2.69. The minimum Gasteiger partial charge on any atom is -0.505 e. The molecule has 0 fully saturated rings. The van der Waals surface area contributed by atoms with Gasteiger partial charge < -0.3 is 10.8 Å². The Hall–Kier alpha value is -1.82. The second-order valence-corrected chi connectivity index (χ2v) is 3.67. The molecule has 1 aromatic carbocycles. The molecule has 72 valence electrons. The number of phenolic OH excluding ortho intramolecular Hbond substituents is 1. The monoisotopic (exact) mass is 210 g/mol. The van der Waals surface area contributed by atoms with E-state index in [1.165, 1.54) is 11.3 Å². The first-order chi connectivity index (χ1) is 6.61. The maximum absolute atomic E-state index is 10.6. The number of nitrogen functional groups attached to an aromatic ring is 1. The fourth-order valence-electron chi connectivity index (χ4n) is 1.27. The van der Waals surface area contributed by atoms with E-state index in [0.29, 0.717) is 10.1 Å². The molecular weight excluding hydrogens is 204 g/mol. The highest BCUT2D eigenvalue weighted by atomic mass is 32.1. The van der Waals surface area contributed by atoms with Gasteiger partial charge in [0, 0.05) is 0 Å². The molecule has 1 heterocycles. The maximum Gasteiger partial charge on any atom is 0.281 e. The van der Waals surface area contributed by atoms with Crippen LogP contribution in [0.1, 0.15) is 0 Å². The molecule has 0 unspecified atom stereocenters. The van der Waals surface area contributed by atoms with Gasteiger partial charge in [-0.3, -0.25) is 10.1 Å².